The van der Waals surface area contributed by atoms with E-state index in [4.69, 9.17) is 12.2 Å². The molecule has 0 saturated carbocycles. The number of rotatable bonds is 2. The lowest BCUT2D eigenvalue weighted by atomic mass is 9.86. The topological polar surface area (TPSA) is 39.6 Å². The van der Waals surface area contributed by atoms with Crippen LogP contribution in [-0.4, -0.2) is 4.98 Å². The molecule has 1 aromatic heterocycles. The van der Waals surface area contributed by atoms with E-state index in [9.17, 15) is 5.26 Å². The quantitative estimate of drug-likeness (QED) is 0.782. The maximum Gasteiger partial charge on any atom is 0.121 e. The highest BCUT2D eigenvalue weighted by atomic mass is 32.1. The molecule has 0 radical (unpaired) electrons. The number of pyridine rings is 1. The van der Waals surface area contributed by atoms with Crippen molar-refractivity contribution in [2.24, 2.45) is 0 Å². The van der Waals surface area contributed by atoms with E-state index in [0.717, 1.165) is 23.2 Å². The molecule has 0 aliphatic heterocycles. The maximum atomic E-state index is 9.27. The Bertz CT molecular complexity index is 784. The van der Waals surface area contributed by atoms with Crippen LogP contribution < -0.4 is 0 Å². The standard InChI is InChI=1S/C19H22N2S/c1-12-16(13(2)21-18(22)17(12)11-20)10-14-6-8-15(9-7-14)19(3,4)5/h6-9H,10H2,1-5H3,(H,21,22). The lowest BCUT2D eigenvalue weighted by molar-refractivity contribution is 0.590. The second-order valence-corrected chi connectivity index (χ2v) is 7.20. The van der Waals surface area contributed by atoms with Gasteiger partial charge >= 0.3 is 0 Å². The molecule has 2 aromatic rings. The average Bonchev–Trinajstić information content (AvgIpc) is 2.43. The van der Waals surface area contributed by atoms with E-state index in [1.165, 1.54) is 11.1 Å². The third-order valence-electron chi connectivity index (χ3n) is 4.12. The van der Waals surface area contributed by atoms with Crippen LogP contribution >= 0.6 is 12.2 Å². The van der Waals surface area contributed by atoms with E-state index < -0.39 is 0 Å². The summed E-state index contributed by atoms with van der Waals surface area (Å²) in [5.74, 6) is 0. The summed E-state index contributed by atoms with van der Waals surface area (Å²) in [5, 5.41) is 9.27. The van der Waals surface area contributed by atoms with E-state index in [2.05, 4.69) is 56.1 Å². The highest BCUT2D eigenvalue weighted by molar-refractivity contribution is 7.71. The van der Waals surface area contributed by atoms with Crippen LogP contribution in [0.1, 0.15) is 54.3 Å². The average molecular weight is 310 g/mol. The van der Waals surface area contributed by atoms with E-state index in [-0.39, 0.29) is 5.41 Å². The maximum absolute atomic E-state index is 9.27. The van der Waals surface area contributed by atoms with Crippen molar-refractivity contribution in [1.82, 2.24) is 4.98 Å². The van der Waals surface area contributed by atoms with Crippen molar-refractivity contribution < 1.29 is 0 Å². The monoisotopic (exact) mass is 310 g/mol. The van der Waals surface area contributed by atoms with Crippen LogP contribution in [0.15, 0.2) is 24.3 Å². The number of aromatic nitrogens is 1. The number of hydrogen-bond acceptors (Lipinski definition) is 2. The molecule has 22 heavy (non-hydrogen) atoms. The molecule has 0 atom stereocenters. The molecular formula is C19H22N2S. The van der Waals surface area contributed by atoms with Crippen LogP contribution in [-0.2, 0) is 11.8 Å². The van der Waals surface area contributed by atoms with Gasteiger partial charge in [0.1, 0.15) is 10.7 Å². The molecule has 1 heterocycles. The SMILES string of the molecule is Cc1[nH]c(=S)c(C#N)c(C)c1Cc1ccc(C(C)(C)C)cc1. The van der Waals surface area contributed by atoms with Crippen molar-refractivity contribution >= 4 is 12.2 Å². The summed E-state index contributed by atoms with van der Waals surface area (Å²) in [7, 11) is 0. The second kappa shape index (κ2) is 6.06. The number of benzene rings is 1. The van der Waals surface area contributed by atoms with Gasteiger partial charge in [-0.05, 0) is 47.9 Å². The number of aryl methyl sites for hydroxylation is 1. The van der Waals surface area contributed by atoms with Gasteiger partial charge in [0.05, 0.1) is 5.56 Å². The van der Waals surface area contributed by atoms with Crippen molar-refractivity contribution in [1.29, 1.82) is 5.26 Å². The predicted molar refractivity (Wildman–Crippen MR) is 93.8 cm³/mol. The van der Waals surface area contributed by atoms with Gasteiger partial charge in [-0.3, -0.25) is 0 Å². The van der Waals surface area contributed by atoms with Crippen molar-refractivity contribution in [3.8, 4) is 6.07 Å². The molecule has 1 N–H and O–H groups in total. The number of nitrogens with zero attached hydrogens (tertiary/aromatic N) is 1. The smallest absolute Gasteiger partial charge is 0.121 e. The van der Waals surface area contributed by atoms with Crippen LogP contribution in [0, 0.1) is 29.8 Å². The molecule has 0 bridgehead atoms. The molecule has 0 unspecified atom stereocenters. The zero-order valence-corrected chi connectivity index (χ0v) is 14.7. The first-order chi connectivity index (χ1) is 10.2. The van der Waals surface area contributed by atoms with E-state index in [0.29, 0.717) is 10.2 Å². The first kappa shape index (κ1) is 16.5. The summed E-state index contributed by atoms with van der Waals surface area (Å²) in [6.45, 7) is 10.6. The lowest BCUT2D eigenvalue weighted by Gasteiger charge is -2.19. The number of aromatic amines is 1. The molecule has 0 aliphatic rings. The van der Waals surface area contributed by atoms with Crippen molar-refractivity contribution in [3.05, 3.63) is 62.4 Å². The molecule has 0 fully saturated rings. The van der Waals surface area contributed by atoms with Gasteiger partial charge in [-0.25, -0.2) is 0 Å². The third kappa shape index (κ3) is 3.28. The summed E-state index contributed by atoms with van der Waals surface area (Å²) in [5.41, 5.74) is 6.51. The largest absolute Gasteiger partial charge is 0.349 e. The summed E-state index contributed by atoms with van der Waals surface area (Å²) in [6.07, 6.45) is 0.808. The normalized spacial score (nSPS) is 11.3. The Kier molecular flexibility index (Phi) is 4.53. The summed E-state index contributed by atoms with van der Waals surface area (Å²) >= 11 is 5.23. The summed E-state index contributed by atoms with van der Waals surface area (Å²) < 4.78 is 0.532. The summed E-state index contributed by atoms with van der Waals surface area (Å²) in [4.78, 5) is 3.15. The van der Waals surface area contributed by atoms with Gasteiger partial charge in [0.25, 0.3) is 0 Å². The molecule has 114 valence electrons. The molecule has 0 saturated heterocycles. The van der Waals surface area contributed by atoms with Crippen LogP contribution in [0.3, 0.4) is 0 Å². The Morgan fingerprint density at radius 1 is 1.14 bits per heavy atom. The molecule has 2 rings (SSSR count). The van der Waals surface area contributed by atoms with Crippen molar-refractivity contribution in [3.63, 3.8) is 0 Å². The van der Waals surface area contributed by atoms with Crippen molar-refractivity contribution in [2.45, 2.75) is 46.5 Å². The number of nitrogens with one attached hydrogen (secondary N) is 1. The summed E-state index contributed by atoms with van der Waals surface area (Å²) in [6, 6.07) is 10.9. The molecule has 0 spiro atoms. The molecule has 0 aliphatic carbocycles. The third-order valence-corrected chi connectivity index (χ3v) is 4.43. The van der Waals surface area contributed by atoms with Gasteiger partial charge in [0.2, 0.25) is 0 Å². The highest BCUT2D eigenvalue weighted by Gasteiger charge is 2.14. The van der Waals surface area contributed by atoms with E-state index in [1.807, 2.05) is 13.8 Å². The van der Waals surface area contributed by atoms with Gasteiger partial charge in [0, 0.05) is 5.69 Å². The zero-order valence-electron chi connectivity index (χ0n) is 13.9. The molecule has 0 amide bonds. The highest BCUT2D eigenvalue weighted by Crippen LogP contribution is 2.24. The number of nitriles is 1. The Morgan fingerprint density at radius 3 is 2.23 bits per heavy atom. The molecule has 3 heteroatoms. The fraction of sp³-hybridized carbons (Fsp3) is 0.368. The van der Waals surface area contributed by atoms with Gasteiger partial charge in [-0.2, -0.15) is 5.26 Å². The van der Waals surface area contributed by atoms with Gasteiger partial charge in [-0.15, -0.1) is 0 Å². The van der Waals surface area contributed by atoms with E-state index in [1.54, 1.807) is 0 Å². The fourth-order valence-corrected chi connectivity index (χ4v) is 2.99. The van der Waals surface area contributed by atoms with Gasteiger partial charge < -0.3 is 4.98 Å². The number of hydrogen-bond donors (Lipinski definition) is 1. The van der Waals surface area contributed by atoms with Gasteiger partial charge in [-0.1, -0.05) is 57.3 Å². The minimum Gasteiger partial charge on any atom is -0.349 e. The predicted octanol–water partition coefficient (Wildman–Crippen LogP) is 5.12. The Hall–Kier alpha value is -1.92. The van der Waals surface area contributed by atoms with E-state index >= 15 is 0 Å². The van der Waals surface area contributed by atoms with Crippen LogP contribution in [0.25, 0.3) is 0 Å². The minimum absolute atomic E-state index is 0.163. The number of H-pyrrole nitrogens is 1. The van der Waals surface area contributed by atoms with Crippen LogP contribution in [0.5, 0.6) is 0 Å². The molecular weight excluding hydrogens is 288 g/mol. The molecule has 1 aromatic carbocycles. The lowest BCUT2D eigenvalue weighted by Crippen LogP contribution is -2.10. The van der Waals surface area contributed by atoms with Gasteiger partial charge in [0.15, 0.2) is 0 Å². The fourth-order valence-electron chi connectivity index (χ4n) is 2.64. The molecule has 2 nitrogen and oxygen atoms in total. The second-order valence-electron chi connectivity index (χ2n) is 6.79. The van der Waals surface area contributed by atoms with Crippen molar-refractivity contribution in [2.75, 3.05) is 0 Å². The first-order valence-electron chi connectivity index (χ1n) is 7.46. The Morgan fingerprint density at radius 2 is 1.73 bits per heavy atom. The Labute approximate surface area is 137 Å². The first-order valence-corrected chi connectivity index (χ1v) is 7.86. The van der Waals surface area contributed by atoms with Crippen LogP contribution in [0.2, 0.25) is 0 Å². The Balaban J connectivity index is 2.40. The van der Waals surface area contributed by atoms with Crippen LogP contribution in [0.4, 0.5) is 0 Å². The minimum atomic E-state index is 0.163. The zero-order chi connectivity index (χ0) is 16.5.